The van der Waals surface area contributed by atoms with Crippen molar-refractivity contribution in [2.24, 2.45) is 5.73 Å². The first kappa shape index (κ1) is 12.9. The average Bonchev–Trinajstić information content (AvgIpc) is 2.18. The van der Waals surface area contributed by atoms with Crippen LogP contribution in [0, 0.1) is 0 Å². The van der Waals surface area contributed by atoms with Gasteiger partial charge in [-0.2, -0.15) is 0 Å². The maximum atomic E-state index is 9.30. The van der Waals surface area contributed by atoms with Gasteiger partial charge >= 0.3 is 0 Å². The maximum Gasteiger partial charge on any atom is 0.0639 e. The van der Waals surface area contributed by atoms with Crippen molar-refractivity contribution in [2.45, 2.75) is 32.4 Å². The first-order chi connectivity index (χ1) is 6.95. The highest BCUT2D eigenvalue weighted by atomic mass is 16.3. The number of aliphatic hydroxyl groups excluding tert-OH is 1. The van der Waals surface area contributed by atoms with Crippen LogP contribution in [0.5, 0.6) is 0 Å². The van der Waals surface area contributed by atoms with Crippen LogP contribution in [0.25, 0.3) is 0 Å². The molecule has 3 N–H and O–H groups in total. The van der Waals surface area contributed by atoms with Crippen molar-refractivity contribution in [1.29, 1.82) is 0 Å². The summed E-state index contributed by atoms with van der Waals surface area (Å²) in [6, 6.07) is 0. The molecule has 1 aliphatic heterocycles. The minimum atomic E-state index is -0.223. The van der Waals surface area contributed by atoms with E-state index in [0.29, 0.717) is 6.54 Å². The highest BCUT2D eigenvalue weighted by molar-refractivity contribution is 4.86. The van der Waals surface area contributed by atoms with E-state index >= 15 is 0 Å². The third-order valence-electron chi connectivity index (χ3n) is 3.25. The van der Waals surface area contributed by atoms with Crippen molar-refractivity contribution < 1.29 is 5.11 Å². The van der Waals surface area contributed by atoms with Gasteiger partial charge in [0.15, 0.2) is 0 Å². The molecule has 0 saturated carbocycles. The largest absolute Gasteiger partial charge is 0.392 e. The van der Waals surface area contributed by atoms with E-state index in [2.05, 4.69) is 23.6 Å². The SMILES string of the molecule is CC(O)CN1CCN(C(C)(C)CN)CC1. The first-order valence-corrected chi connectivity index (χ1v) is 5.81. The van der Waals surface area contributed by atoms with Crippen molar-refractivity contribution in [3.8, 4) is 0 Å². The van der Waals surface area contributed by atoms with Crippen LogP contribution in [0.3, 0.4) is 0 Å². The molecule has 0 aromatic heterocycles. The monoisotopic (exact) mass is 215 g/mol. The highest BCUT2D eigenvalue weighted by Crippen LogP contribution is 2.15. The summed E-state index contributed by atoms with van der Waals surface area (Å²) < 4.78 is 0. The lowest BCUT2D eigenvalue weighted by molar-refractivity contribution is 0.0368. The summed E-state index contributed by atoms with van der Waals surface area (Å²) in [5, 5.41) is 9.30. The molecule has 0 bridgehead atoms. The van der Waals surface area contributed by atoms with Gasteiger partial charge in [0, 0.05) is 44.8 Å². The summed E-state index contributed by atoms with van der Waals surface area (Å²) in [5.74, 6) is 0. The fraction of sp³-hybridized carbons (Fsp3) is 1.00. The molecule has 1 saturated heterocycles. The maximum absolute atomic E-state index is 9.30. The number of hydrogen-bond donors (Lipinski definition) is 2. The van der Waals surface area contributed by atoms with Crippen LogP contribution in [0.4, 0.5) is 0 Å². The van der Waals surface area contributed by atoms with Gasteiger partial charge in [-0.1, -0.05) is 0 Å². The zero-order chi connectivity index (χ0) is 11.5. The van der Waals surface area contributed by atoms with Crippen LogP contribution in [0.1, 0.15) is 20.8 Å². The van der Waals surface area contributed by atoms with E-state index in [-0.39, 0.29) is 11.6 Å². The molecule has 0 aromatic carbocycles. The molecule has 1 atom stereocenters. The standard InChI is InChI=1S/C11H25N3O/c1-10(15)8-13-4-6-14(7-5-13)11(2,3)9-12/h10,15H,4-9,12H2,1-3H3. The van der Waals surface area contributed by atoms with Gasteiger partial charge in [0.1, 0.15) is 0 Å². The van der Waals surface area contributed by atoms with Gasteiger partial charge in [0.05, 0.1) is 6.10 Å². The molecule has 15 heavy (non-hydrogen) atoms. The van der Waals surface area contributed by atoms with Crippen molar-refractivity contribution in [3.63, 3.8) is 0 Å². The Hall–Kier alpha value is -0.160. The summed E-state index contributed by atoms with van der Waals surface area (Å²) in [6.45, 7) is 11.9. The number of rotatable bonds is 4. The predicted octanol–water partition coefficient (Wildman–Crippen LogP) is -0.278. The van der Waals surface area contributed by atoms with Crippen LogP contribution >= 0.6 is 0 Å². The summed E-state index contributed by atoms with van der Waals surface area (Å²) >= 11 is 0. The van der Waals surface area contributed by atoms with Gasteiger partial charge < -0.3 is 10.8 Å². The molecule has 4 heteroatoms. The smallest absolute Gasteiger partial charge is 0.0639 e. The van der Waals surface area contributed by atoms with Crippen molar-refractivity contribution in [3.05, 3.63) is 0 Å². The zero-order valence-electron chi connectivity index (χ0n) is 10.2. The number of hydrogen-bond acceptors (Lipinski definition) is 4. The van der Waals surface area contributed by atoms with E-state index in [0.717, 1.165) is 32.7 Å². The number of nitrogens with zero attached hydrogens (tertiary/aromatic N) is 2. The van der Waals surface area contributed by atoms with E-state index in [1.54, 1.807) is 0 Å². The van der Waals surface area contributed by atoms with Crippen molar-refractivity contribution >= 4 is 0 Å². The molecule has 90 valence electrons. The molecule has 0 aromatic rings. The van der Waals surface area contributed by atoms with E-state index in [9.17, 15) is 5.11 Å². The molecule has 0 spiro atoms. The van der Waals surface area contributed by atoms with E-state index in [1.807, 2.05) is 6.92 Å². The quantitative estimate of drug-likeness (QED) is 0.677. The van der Waals surface area contributed by atoms with Crippen LogP contribution in [-0.2, 0) is 0 Å². The second kappa shape index (κ2) is 5.25. The number of piperazine rings is 1. The summed E-state index contributed by atoms with van der Waals surface area (Å²) in [4.78, 5) is 4.75. The Morgan fingerprint density at radius 2 is 1.80 bits per heavy atom. The minimum absolute atomic E-state index is 0.108. The van der Waals surface area contributed by atoms with Gasteiger partial charge in [-0.05, 0) is 20.8 Å². The fourth-order valence-electron chi connectivity index (χ4n) is 2.04. The molecule has 1 fully saturated rings. The predicted molar refractivity (Wildman–Crippen MR) is 62.8 cm³/mol. The number of aliphatic hydroxyl groups is 1. The van der Waals surface area contributed by atoms with Crippen LogP contribution < -0.4 is 5.73 Å². The highest BCUT2D eigenvalue weighted by Gasteiger charge is 2.28. The van der Waals surface area contributed by atoms with Gasteiger partial charge in [0.25, 0.3) is 0 Å². The van der Waals surface area contributed by atoms with Gasteiger partial charge in [-0.15, -0.1) is 0 Å². The molecule has 1 heterocycles. The Labute approximate surface area is 93.0 Å². The topological polar surface area (TPSA) is 52.7 Å². The lowest BCUT2D eigenvalue weighted by Crippen LogP contribution is -2.57. The second-order valence-corrected chi connectivity index (χ2v) is 5.15. The van der Waals surface area contributed by atoms with Crippen LogP contribution in [0.15, 0.2) is 0 Å². The Balaban J connectivity index is 2.36. The minimum Gasteiger partial charge on any atom is -0.392 e. The summed E-state index contributed by atoms with van der Waals surface area (Å²) in [6.07, 6.45) is -0.223. The number of β-amino-alcohol motifs (C(OH)–C–C–N with tert-alkyl or cyclic N) is 1. The molecular weight excluding hydrogens is 190 g/mol. The molecule has 4 nitrogen and oxygen atoms in total. The van der Waals surface area contributed by atoms with Crippen LogP contribution in [-0.4, -0.2) is 65.8 Å². The van der Waals surface area contributed by atoms with Gasteiger partial charge in [-0.25, -0.2) is 0 Å². The van der Waals surface area contributed by atoms with Gasteiger partial charge in [0.2, 0.25) is 0 Å². The third-order valence-corrected chi connectivity index (χ3v) is 3.25. The molecule has 1 unspecified atom stereocenters. The lowest BCUT2D eigenvalue weighted by Gasteiger charge is -2.43. The molecule has 0 aliphatic carbocycles. The first-order valence-electron chi connectivity index (χ1n) is 5.81. The third kappa shape index (κ3) is 3.72. The molecule has 1 rings (SSSR count). The average molecular weight is 215 g/mol. The molecule has 0 radical (unpaired) electrons. The van der Waals surface area contributed by atoms with Crippen molar-refractivity contribution in [2.75, 3.05) is 39.3 Å². The lowest BCUT2D eigenvalue weighted by atomic mass is 10.0. The fourth-order valence-corrected chi connectivity index (χ4v) is 2.04. The van der Waals surface area contributed by atoms with E-state index in [1.165, 1.54) is 0 Å². The Bertz CT molecular complexity index is 186. The Kier molecular flexibility index (Phi) is 4.52. The van der Waals surface area contributed by atoms with Crippen LogP contribution in [0.2, 0.25) is 0 Å². The van der Waals surface area contributed by atoms with E-state index < -0.39 is 0 Å². The molecule has 1 aliphatic rings. The van der Waals surface area contributed by atoms with Crippen molar-refractivity contribution in [1.82, 2.24) is 9.80 Å². The van der Waals surface area contributed by atoms with E-state index in [4.69, 9.17) is 5.73 Å². The second-order valence-electron chi connectivity index (χ2n) is 5.15. The number of nitrogens with two attached hydrogens (primary N) is 1. The molecular formula is C11H25N3O. The summed E-state index contributed by atoms with van der Waals surface area (Å²) in [5.41, 5.74) is 5.87. The Morgan fingerprint density at radius 3 is 2.20 bits per heavy atom. The zero-order valence-corrected chi connectivity index (χ0v) is 10.2. The molecule has 0 amide bonds. The Morgan fingerprint density at radius 1 is 1.27 bits per heavy atom. The summed E-state index contributed by atoms with van der Waals surface area (Å²) in [7, 11) is 0. The normalized spacial score (nSPS) is 23.0. The van der Waals surface area contributed by atoms with Gasteiger partial charge in [-0.3, -0.25) is 9.80 Å².